The van der Waals surface area contributed by atoms with E-state index in [9.17, 15) is 9.59 Å². The molecule has 21 heavy (non-hydrogen) atoms. The van der Waals surface area contributed by atoms with E-state index < -0.39 is 0 Å². The third kappa shape index (κ3) is 2.65. The lowest BCUT2D eigenvalue weighted by Crippen LogP contribution is -2.41. The van der Waals surface area contributed by atoms with Crippen molar-refractivity contribution in [3.8, 4) is 0 Å². The van der Waals surface area contributed by atoms with Crippen molar-refractivity contribution in [1.82, 2.24) is 0 Å². The zero-order valence-electron chi connectivity index (χ0n) is 13.2. The minimum atomic E-state index is 0.175. The molecule has 2 nitrogen and oxygen atoms in total. The zero-order chi connectivity index (χ0) is 15.0. The number of allylic oxidation sites excluding steroid dienone is 4. The van der Waals surface area contributed by atoms with Gasteiger partial charge in [-0.05, 0) is 55.4 Å². The molecule has 3 aliphatic carbocycles. The van der Waals surface area contributed by atoms with Crippen molar-refractivity contribution in [1.29, 1.82) is 0 Å². The maximum atomic E-state index is 12.0. The summed E-state index contributed by atoms with van der Waals surface area (Å²) >= 11 is 0. The number of ketones is 2. The van der Waals surface area contributed by atoms with Crippen LogP contribution in [0.1, 0.15) is 58.8 Å². The van der Waals surface area contributed by atoms with Gasteiger partial charge in [0.05, 0.1) is 0 Å². The Morgan fingerprint density at radius 1 is 1.14 bits per heavy atom. The van der Waals surface area contributed by atoms with Gasteiger partial charge in [-0.25, -0.2) is 0 Å². The van der Waals surface area contributed by atoms with E-state index in [-0.39, 0.29) is 11.3 Å². The van der Waals surface area contributed by atoms with Gasteiger partial charge in [0.2, 0.25) is 0 Å². The molecule has 0 saturated heterocycles. The second-order valence-electron chi connectivity index (χ2n) is 7.44. The van der Waals surface area contributed by atoms with Crippen molar-refractivity contribution in [3.63, 3.8) is 0 Å². The molecule has 0 aromatic heterocycles. The van der Waals surface area contributed by atoms with Crippen molar-refractivity contribution in [2.75, 3.05) is 0 Å². The van der Waals surface area contributed by atoms with Crippen LogP contribution < -0.4 is 0 Å². The van der Waals surface area contributed by atoms with Crippen LogP contribution in [0.2, 0.25) is 0 Å². The first-order chi connectivity index (χ1) is 10.0. The van der Waals surface area contributed by atoms with Crippen molar-refractivity contribution in [2.45, 2.75) is 58.8 Å². The Labute approximate surface area is 127 Å². The van der Waals surface area contributed by atoms with Gasteiger partial charge in [0.15, 0.2) is 5.78 Å². The van der Waals surface area contributed by atoms with Gasteiger partial charge in [-0.2, -0.15) is 0 Å². The third-order valence-corrected chi connectivity index (χ3v) is 6.20. The van der Waals surface area contributed by atoms with Crippen molar-refractivity contribution >= 4 is 11.6 Å². The second-order valence-corrected chi connectivity index (χ2v) is 7.44. The smallest absolute Gasteiger partial charge is 0.155 e. The monoisotopic (exact) mass is 286 g/mol. The lowest BCUT2D eigenvalue weighted by Gasteiger charge is -2.49. The molecule has 0 N–H and O–H groups in total. The van der Waals surface area contributed by atoms with Gasteiger partial charge in [0, 0.05) is 18.8 Å². The summed E-state index contributed by atoms with van der Waals surface area (Å²) in [5.41, 5.74) is 1.56. The molecule has 0 aromatic carbocycles. The Hall–Kier alpha value is -1.18. The molecular weight excluding hydrogens is 260 g/mol. The molecule has 3 rings (SSSR count). The van der Waals surface area contributed by atoms with Gasteiger partial charge >= 0.3 is 0 Å². The number of fused-ring (bicyclic) bond motifs is 3. The molecule has 0 amide bonds. The maximum absolute atomic E-state index is 12.0. The molecule has 1 saturated carbocycles. The molecule has 2 heteroatoms. The van der Waals surface area contributed by atoms with Crippen LogP contribution in [-0.4, -0.2) is 11.6 Å². The van der Waals surface area contributed by atoms with Crippen LogP contribution in [-0.2, 0) is 9.59 Å². The van der Waals surface area contributed by atoms with Crippen LogP contribution in [0.25, 0.3) is 0 Å². The van der Waals surface area contributed by atoms with E-state index in [1.54, 1.807) is 0 Å². The molecule has 0 spiro atoms. The van der Waals surface area contributed by atoms with Gasteiger partial charge < -0.3 is 0 Å². The summed E-state index contributed by atoms with van der Waals surface area (Å²) in [6, 6.07) is 0. The van der Waals surface area contributed by atoms with Gasteiger partial charge in [0.25, 0.3) is 0 Å². The average molecular weight is 286 g/mol. The van der Waals surface area contributed by atoms with Crippen LogP contribution in [0.4, 0.5) is 0 Å². The Morgan fingerprint density at radius 2 is 1.95 bits per heavy atom. The summed E-state index contributed by atoms with van der Waals surface area (Å²) < 4.78 is 0. The van der Waals surface area contributed by atoms with Gasteiger partial charge in [-0.3, -0.25) is 9.59 Å². The summed E-state index contributed by atoms with van der Waals surface area (Å²) in [7, 11) is 0. The highest BCUT2D eigenvalue weighted by atomic mass is 16.1. The molecule has 0 bridgehead atoms. The summed E-state index contributed by atoms with van der Waals surface area (Å²) in [5, 5.41) is 0. The van der Waals surface area contributed by atoms with Gasteiger partial charge in [0.1, 0.15) is 5.78 Å². The number of carbonyl (C=O) groups excluding carboxylic acids is 2. The number of hydrogen-bond donors (Lipinski definition) is 0. The van der Waals surface area contributed by atoms with E-state index in [0.29, 0.717) is 36.2 Å². The fourth-order valence-electron chi connectivity index (χ4n) is 4.67. The van der Waals surface area contributed by atoms with E-state index >= 15 is 0 Å². The molecule has 1 fully saturated rings. The van der Waals surface area contributed by atoms with Gasteiger partial charge in [-0.15, -0.1) is 0 Å². The van der Waals surface area contributed by atoms with Gasteiger partial charge in [-0.1, -0.05) is 31.6 Å². The highest BCUT2D eigenvalue weighted by molar-refractivity contribution is 5.91. The Bertz CT molecular complexity index is 514. The number of hydrogen-bond acceptors (Lipinski definition) is 2. The quantitative estimate of drug-likeness (QED) is 0.624. The number of rotatable bonds is 0. The number of carbonyl (C=O) groups is 2. The van der Waals surface area contributed by atoms with E-state index in [0.717, 1.165) is 32.1 Å². The molecule has 3 aliphatic rings. The Balaban J connectivity index is 1.92. The summed E-state index contributed by atoms with van der Waals surface area (Å²) in [6.07, 6.45) is 12.9. The second kappa shape index (κ2) is 5.55. The first kappa shape index (κ1) is 14.7. The first-order valence-corrected chi connectivity index (χ1v) is 8.44. The third-order valence-electron chi connectivity index (χ3n) is 6.20. The van der Waals surface area contributed by atoms with Crippen LogP contribution in [0, 0.1) is 23.2 Å². The summed E-state index contributed by atoms with van der Waals surface area (Å²) in [4.78, 5) is 23.8. The fourth-order valence-corrected chi connectivity index (χ4v) is 4.67. The molecule has 114 valence electrons. The van der Waals surface area contributed by atoms with Crippen molar-refractivity contribution in [3.05, 3.63) is 23.8 Å². The average Bonchev–Trinajstić information content (AvgIpc) is 2.52. The first-order valence-electron chi connectivity index (χ1n) is 8.44. The largest absolute Gasteiger partial charge is 0.299 e. The maximum Gasteiger partial charge on any atom is 0.155 e. The molecule has 0 aliphatic heterocycles. The van der Waals surface area contributed by atoms with Crippen LogP contribution >= 0.6 is 0 Å². The molecule has 0 heterocycles. The lowest BCUT2D eigenvalue weighted by molar-refractivity contribution is -0.121. The zero-order valence-corrected chi connectivity index (χ0v) is 13.2. The highest BCUT2D eigenvalue weighted by Crippen LogP contribution is 2.54. The Morgan fingerprint density at radius 3 is 2.76 bits per heavy atom. The summed E-state index contributed by atoms with van der Waals surface area (Å²) in [5.74, 6) is 2.04. The van der Waals surface area contributed by atoms with Crippen LogP contribution in [0.15, 0.2) is 23.8 Å². The molecule has 0 unspecified atom stereocenters. The van der Waals surface area contributed by atoms with E-state index in [2.05, 4.69) is 26.0 Å². The van der Waals surface area contributed by atoms with Crippen molar-refractivity contribution < 1.29 is 9.59 Å². The summed E-state index contributed by atoms with van der Waals surface area (Å²) in [6.45, 7) is 4.43. The SMILES string of the molecule is C[C@H]1CC[C@H]2[C@H](/C=C/CC1=O)CCC1=CC(=O)CC[C@@]12C. The fraction of sp³-hybridized carbons (Fsp3) is 0.684. The van der Waals surface area contributed by atoms with E-state index in [1.165, 1.54) is 5.57 Å². The van der Waals surface area contributed by atoms with Crippen LogP contribution in [0.5, 0.6) is 0 Å². The lowest BCUT2D eigenvalue weighted by atomic mass is 9.55. The molecule has 4 atom stereocenters. The van der Waals surface area contributed by atoms with E-state index in [4.69, 9.17) is 0 Å². The minimum Gasteiger partial charge on any atom is -0.299 e. The predicted molar refractivity (Wildman–Crippen MR) is 83.8 cm³/mol. The molecule has 0 aromatic rings. The number of Topliss-reactive ketones (excluding diaryl/α,β-unsaturated/α-hetero) is 1. The predicted octanol–water partition coefficient (Wildman–Crippen LogP) is 4.25. The standard InChI is InChI=1S/C19H26O2/c1-13-6-9-17-14(4-3-5-18(13)21)7-8-15-12-16(20)10-11-19(15,17)2/h3-4,12-14,17H,5-11H2,1-2H3/b4-3+/t13-,14+,17-,19-/m0/s1. The topological polar surface area (TPSA) is 34.1 Å². The molecular formula is C19H26O2. The normalized spacial score (nSPS) is 42.0. The van der Waals surface area contributed by atoms with Crippen LogP contribution in [0.3, 0.4) is 0 Å². The van der Waals surface area contributed by atoms with E-state index in [1.807, 2.05) is 6.08 Å². The highest BCUT2D eigenvalue weighted by Gasteiger charge is 2.46. The minimum absolute atomic E-state index is 0.175. The molecule has 0 radical (unpaired) electrons. The Kier molecular flexibility index (Phi) is 3.90. The van der Waals surface area contributed by atoms with Crippen molar-refractivity contribution in [2.24, 2.45) is 23.2 Å².